The molecule has 8 heteroatoms. The molecule has 0 aliphatic carbocycles. The minimum Gasteiger partial charge on any atom is -0.462 e. The number of likely N-dealkylation sites (N-methyl/N-ethyl adjacent to an activating group) is 1. The molecule has 2 N–H and O–H groups in total. The number of rotatable bonds is 5. The van der Waals surface area contributed by atoms with Gasteiger partial charge in [-0.15, -0.1) is 0 Å². The van der Waals surface area contributed by atoms with Crippen molar-refractivity contribution in [3.63, 3.8) is 0 Å². The molecule has 4 aromatic rings. The van der Waals surface area contributed by atoms with Crippen LogP contribution >= 0.6 is 11.6 Å². The molecule has 2 bridgehead atoms. The Kier molecular flexibility index (Phi) is 5.53. The number of ether oxygens (including phenoxy) is 1. The second-order valence-electron chi connectivity index (χ2n) is 10.6. The molecule has 2 aromatic heterocycles. The van der Waals surface area contributed by atoms with Crippen molar-refractivity contribution in [2.75, 3.05) is 38.2 Å². The number of H-pyrrole nitrogens is 1. The Morgan fingerprint density at radius 1 is 1.03 bits per heavy atom. The van der Waals surface area contributed by atoms with E-state index in [1.807, 2.05) is 18.3 Å². The van der Waals surface area contributed by atoms with Crippen LogP contribution in [0.25, 0.3) is 32.9 Å². The SMILES string of the molecule is CN1CCC[C@H]1COc1nc(N2C[C@H]3CC[C@@H](C2)N3)c2ccc(-c3c(Cl)ccc4[nH]ccc34)cc2n1. The van der Waals surface area contributed by atoms with Crippen molar-refractivity contribution in [3.8, 4) is 17.1 Å². The van der Waals surface area contributed by atoms with E-state index in [1.165, 1.54) is 19.3 Å². The van der Waals surface area contributed by atoms with Gasteiger partial charge in [-0.1, -0.05) is 17.7 Å². The van der Waals surface area contributed by atoms with Gasteiger partial charge in [-0.05, 0) is 75.2 Å². The van der Waals surface area contributed by atoms with Gasteiger partial charge >= 0.3 is 6.01 Å². The number of aromatic nitrogens is 3. The van der Waals surface area contributed by atoms with E-state index < -0.39 is 0 Å². The zero-order chi connectivity index (χ0) is 24.2. The van der Waals surface area contributed by atoms with Crippen molar-refractivity contribution < 1.29 is 4.74 Å². The van der Waals surface area contributed by atoms with Crippen LogP contribution in [0, 0.1) is 0 Å². The standard InChI is InChI=1S/C28H31ClN6O/c1-34-12-2-3-20(34)16-36-28-32-25-13-17(26-21-10-11-30-24(21)9-8-23(26)29)4-7-22(25)27(33-28)35-14-18-5-6-19(15-35)31-18/h4,7-11,13,18-20,30-31H,2-3,5-6,12,14-16H2,1H3/t18-,19+,20-/m0/s1. The third-order valence-corrected chi connectivity index (χ3v) is 8.54. The first-order valence-corrected chi connectivity index (χ1v) is 13.4. The third-order valence-electron chi connectivity index (χ3n) is 8.22. The summed E-state index contributed by atoms with van der Waals surface area (Å²) < 4.78 is 6.26. The Morgan fingerprint density at radius 2 is 1.89 bits per heavy atom. The molecule has 7 nitrogen and oxygen atoms in total. The summed E-state index contributed by atoms with van der Waals surface area (Å²) in [5.74, 6) is 0.977. The largest absolute Gasteiger partial charge is 0.462 e. The van der Waals surface area contributed by atoms with Crippen molar-refractivity contribution in [1.29, 1.82) is 0 Å². The van der Waals surface area contributed by atoms with Crippen LogP contribution in [0.2, 0.25) is 5.02 Å². The molecule has 3 atom stereocenters. The van der Waals surface area contributed by atoms with E-state index in [0.717, 1.165) is 69.8 Å². The molecule has 0 saturated carbocycles. The fraction of sp³-hybridized carbons (Fsp3) is 0.429. The lowest BCUT2D eigenvalue weighted by atomic mass is 10.00. The smallest absolute Gasteiger partial charge is 0.319 e. The predicted octanol–water partition coefficient (Wildman–Crippen LogP) is 4.85. The van der Waals surface area contributed by atoms with E-state index in [4.69, 9.17) is 26.3 Å². The fourth-order valence-electron chi connectivity index (χ4n) is 6.28. The van der Waals surface area contributed by atoms with Gasteiger partial charge in [0.1, 0.15) is 12.4 Å². The van der Waals surface area contributed by atoms with Crippen molar-refractivity contribution >= 4 is 39.2 Å². The molecular formula is C28H31ClN6O. The first-order valence-electron chi connectivity index (χ1n) is 13.0. The second-order valence-corrected chi connectivity index (χ2v) is 11.0. The molecule has 36 heavy (non-hydrogen) atoms. The monoisotopic (exact) mass is 502 g/mol. The average Bonchev–Trinajstić information content (AvgIpc) is 3.61. The van der Waals surface area contributed by atoms with Crippen molar-refractivity contribution in [3.05, 3.63) is 47.6 Å². The zero-order valence-electron chi connectivity index (χ0n) is 20.5. The summed E-state index contributed by atoms with van der Waals surface area (Å²) in [5, 5.41) is 6.63. The number of hydrogen-bond acceptors (Lipinski definition) is 6. The van der Waals surface area contributed by atoms with Gasteiger partial charge in [0, 0.05) is 64.3 Å². The topological polar surface area (TPSA) is 69.3 Å². The highest BCUT2D eigenvalue weighted by atomic mass is 35.5. The van der Waals surface area contributed by atoms with E-state index in [2.05, 4.69) is 51.4 Å². The number of likely N-dealkylation sites (tertiary alicyclic amines) is 1. The maximum atomic E-state index is 6.71. The Hall–Kier alpha value is -2.87. The minimum absolute atomic E-state index is 0.416. The molecular weight excluding hydrogens is 472 g/mol. The number of anilines is 1. The van der Waals surface area contributed by atoms with Crippen molar-refractivity contribution in [1.82, 2.24) is 25.2 Å². The fourth-order valence-corrected chi connectivity index (χ4v) is 6.56. The number of benzene rings is 2. The predicted molar refractivity (Wildman–Crippen MR) is 145 cm³/mol. The maximum absolute atomic E-state index is 6.71. The van der Waals surface area contributed by atoms with Crippen LogP contribution in [0.4, 0.5) is 5.82 Å². The molecule has 2 aromatic carbocycles. The van der Waals surface area contributed by atoms with E-state index in [0.29, 0.717) is 30.7 Å². The van der Waals surface area contributed by atoms with Crippen molar-refractivity contribution in [2.45, 2.75) is 43.8 Å². The van der Waals surface area contributed by atoms with E-state index >= 15 is 0 Å². The molecule has 0 unspecified atom stereocenters. The second kappa shape index (κ2) is 8.91. The Balaban J connectivity index is 1.32. The van der Waals surface area contributed by atoms with Gasteiger partial charge < -0.3 is 24.8 Å². The molecule has 3 aliphatic heterocycles. The molecule has 5 heterocycles. The van der Waals surface area contributed by atoms with Crippen LogP contribution in [-0.4, -0.2) is 71.3 Å². The molecule has 3 fully saturated rings. The average molecular weight is 503 g/mol. The van der Waals surface area contributed by atoms with Gasteiger partial charge in [0.15, 0.2) is 0 Å². The molecule has 3 saturated heterocycles. The number of fused-ring (bicyclic) bond motifs is 4. The van der Waals surface area contributed by atoms with Crippen LogP contribution in [0.15, 0.2) is 42.6 Å². The lowest BCUT2D eigenvalue weighted by Crippen LogP contribution is -2.51. The maximum Gasteiger partial charge on any atom is 0.319 e. The quantitative estimate of drug-likeness (QED) is 0.407. The van der Waals surface area contributed by atoms with Gasteiger partial charge in [0.25, 0.3) is 0 Å². The van der Waals surface area contributed by atoms with Gasteiger partial charge in [0.2, 0.25) is 0 Å². The highest BCUT2D eigenvalue weighted by Gasteiger charge is 2.34. The van der Waals surface area contributed by atoms with E-state index in [1.54, 1.807) is 0 Å². The van der Waals surface area contributed by atoms with Gasteiger partial charge in [-0.2, -0.15) is 9.97 Å². The zero-order valence-corrected chi connectivity index (χ0v) is 21.3. The van der Waals surface area contributed by atoms with Crippen LogP contribution < -0.4 is 15.0 Å². The van der Waals surface area contributed by atoms with Crippen molar-refractivity contribution in [2.24, 2.45) is 0 Å². The summed E-state index contributed by atoms with van der Waals surface area (Å²) in [6.45, 7) is 3.66. The molecule has 7 rings (SSSR count). The summed E-state index contributed by atoms with van der Waals surface area (Å²) in [5.41, 5.74) is 4.03. The number of nitrogens with zero attached hydrogens (tertiary/aromatic N) is 4. The summed E-state index contributed by atoms with van der Waals surface area (Å²) in [6, 6.07) is 14.4. The number of aromatic amines is 1. The number of piperazine rings is 1. The Labute approximate surface area is 215 Å². The third kappa shape index (κ3) is 3.90. The molecule has 3 aliphatic rings. The van der Waals surface area contributed by atoms with Crippen LogP contribution in [0.1, 0.15) is 25.7 Å². The van der Waals surface area contributed by atoms with Crippen LogP contribution in [0.5, 0.6) is 6.01 Å². The van der Waals surface area contributed by atoms with E-state index in [-0.39, 0.29) is 0 Å². The highest BCUT2D eigenvalue weighted by molar-refractivity contribution is 6.35. The molecule has 0 spiro atoms. The highest BCUT2D eigenvalue weighted by Crippen LogP contribution is 2.38. The van der Waals surface area contributed by atoms with Gasteiger partial charge in [-0.3, -0.25) is 0 Å². The first kappa shape index (κ1) is 22.3. The van der Waals surface area contributed by atoms with Crippen LogP contribution in [-0.2, 0) is 0 Å². The number of halogens is 1. The summed E-state index contributed by atoms with van der Waals surface area (Å²) >= 11 is 6.71. The minimum atomic E-state index is 0.416. The van der Waals surface area contributed by atoms with Gasteiger partial charge in [0.05, 0.1) is 5.52 Å². The Morgan fingerprint density at radius 3 is 2.69 bits per heavy atom. The lowest BCUT2D eigenvalue weighted by molar-refractivity contribution is 0.188. The number of nitrogens with one attached hydrogen (secondary N) is 2. The molecule has 0 radical (unpaired) electrons. The summed E-state index contributed by atoms with van der Waals surface area (Å²) in [4.78, 5) is 18.0. The molecule has 186 valence electrons. The Bertz CT molecular complexity index is 1420. The first-order chi connectivity index (χ1) is 17.6. The normalized spacial score (nSPS) is 24.3. The van der Waals surface area contributed by atoms with E-state index in [9.17, 15) is 0 Å². The lowest BCUT2D eigenvalue weighted by Gasteiger charge is -2.34. The molecule has 0 amide bonds. The van der Waals surface area contributed by atoms with Crippen LogP contribution in [0.3, 0.4) is 0 Å². The van der Waals surface area contributed by atoms with Gasteiger partial charge in [-0.25, -0.2) is 0 Å². The summed E-state index contributed by atoms with van der Waals surface area (Å²) in [7, 11) is 2.17. The summed E-state index contributed by atoms with van der Waals surface area (Å²) in [6.07, 6.45) is 6.78. The number of hydrogen-bond donors (Lipinski definition) is 2.